The first-order valence-electron chi connectivity index (χ1n) is 7.81. The maximum absolute atomic E-state index is 12.7. The summed E-state index contributed by atoms with van der Waals surface area (Å²) in [6, 6.07) is 12.7. The lowest BCUT2D eigenvalue weighted by molar-refractivity contribution is -0.137. The summed E-state index contributed by atoms with van der Waals surface area (Å²) in [5.74, 6) is 0.226. The SMILES string of the molecule is CC(C#N)(COc1cc(C#N)ccc1Cl)NC(=S)c1ccc(C(F)(F)F)cc1. The zero-order valence-corrected chi connectivity index (χ0v) is 16.0. The molecular weight excluding hydrogens is 411 g/mol. The minimum atomic E-state index is -4.44. The largest absolute Gasteiger partial charge is 0.488 e. The second-order valence-corrected chi connectivity index (χ2v) is 6.83. The first-order chi connectivity index (χ1) is 13.1. The lowest BCUT2D eigenvalue weighted by Crippen LogP contribution is -2.49. The molecule has 1 N–H and O–H groups in total. The van der Waals surface area contributed by atoms with Gasteiger partial charge in [0.25, 0.3) is 0 Å². The molecule has 0 fully saturated rings. The van der Waals surface area contributed by atoms with Gasteiger partial charge in [-0.3, -0.25) is 0 Å². The number of nitriles is 2. The minimum absolute atomic E-state index is 0.0956. The number of halogens is 4. The highest BCUT2D eigenvalue weighted by Crippen LogP contribution is 2.29. The maximum Gasteiger partial charge on any atom is 0.416 e. The van der Waals surface area contributed by atoms with Crippen LogP contribution in [0.5, 0.6) is 5.75 Å². The van der Waals surface area contributed by atoms with E-state index in [1.54, 1.807) is 0 Å². The summed E-state index contributed by atoms with van der Waals surface area (Å²) in [5, 5.41) is 21.5. The van der Waals surface area contributed by atoms with Crippen molar-refractivity contribution in [3.05, 3.63) is 64.2 Å². The van der Waals surface area contributed by atoms with Gasteiger partial charge in [0.1, 0.15) is 17.3 Å². The second-order valence-electron chi connectivity index (χ2n) is 6.02. The van der Waals surface area contributed by atoms with Crippen LogP contribution >= 0.6 is 23.8 Å². The van der Waals surface area contributed by atoms with E-state index >= 15 is 0 Å². The Kier molecular flexibility index (Phi) is 6.50. The normalized spacial score (nSPS) is 13.0. The van der Waals surface area contributed by atoms with Gasteiger partial charge in [-0.15, -0.1) is 0 Å². The molecule has 28 heavy (non-hydrogen) atoms. The lowest BCUT2D eigenvalue weighted by Gasteiger charge is -2.25. The van der Waals surface area contributed by atoms with E-state index in [-0.39, 0.29) is 22.4 Å². The van der Waals surface area contributed by atoms with Gasteiger partial charge in [-0.25, -0.2) is 0 Å². The number of ether oxygens (including phenoxy) is 1. The Labute approximate surface area is 170 Å². The van der Waals surface area contributed by atoms with Crippen molar-refractivity contribution in [3.63, 3.8) is 0 Å². The van der Waals surface area contributed by atoms with Crippen LogP contribution in [0.1, 0.15) is 23.6 Å². The van der Waals surface area contributed by atoms with Gasteiger partial charge in [-0.2, -0.15) is 23.7 Å². The number of thiocarbonyl (C=S) groups is 1. The number of nitrogens with one attached hydrogen (secondary N) is 1. The molecule has 0 saturated carbocycles. The molecule has 0 aliphatic heterocycles. The molecule has 0 spiro atoms. The molecule has 1 atom stereocenters. The van der Waals surface area contributed by atoms with Crippen molar-refractivity contribution in [1.29, 1.82) is 10.5 Å². The van der Waals surface area contributed by atoms with Crippen molar-refractivity contribution in [3.8, 4) is 17.9 Å². The molecule has 0 aromatic heterocycles. The van der Waals surface area contributed by atoms with Crippen LogP contribution in [0, 0.1) is 22.7 Å². The monoisotopic (exact) mass is 423 g/mol. The zero-order valence-electron chi connectivity index (χ0n) is 14.5. The molecule has 144 valence electrons. The molecule has 0 amide bonds. The van der Waals surface area contributed by atoms with E-state index in [0.717, 1.165) is 12.1 Å². The molecule has 2 aromatic rings. The fourth-order valence-corrected chi connectivity index (χ4v) is 2.67. The van der Waals surface area contributed by atoms with Crippen molar-refractivity contribution in [2.45, 2.75) is 18.6 Å². The van der Waals surface area contributed by atoms with Crippen LogP contribution in [0.4, 0.5) is 13.2 Å². The molecule has 0 saturated heterocycles. The molecule has 0 aliphatic carbocycles. The average molecular weight is 424 g/mol. The summed E-state index contributed by atoms with van der Waals surface area (Å²) in [7, 11) is 0. The summed E-state index contributed by atoms with van der Waals surface area (Å²) in [6.07, 6.45) is -4.44. The third kappa shape index (κ3) is 5.35. The summed E-state index contributed by atoms with van der Waals surface area (Å²) < 4.78 is 43.5. The van der Waals surface area contributed by atoms with Crippen molar-refractivity contribution in [2.75, 3.05) is 6.61 Å². The average Bonchev–Trinajstić information content (AvgIpc) is 2.66. The van der Waals surface area contributed by atoms with Crippen LogP contribution in [0.25, 0.3) is 0 Å². The first-order valence-corrected chi connectivity index (χ1v) is 8.60. The predicted molar refractivity (Wildman–Crippen MR) is 102 cm³/mol. The van der Waals surface area contributed by atoms with Gasteiger partial charge in [0.15, 0.2) is 5.54 Å². The lowest BCUT2D eigenvalue weighted by atomic mass is 10.0. The highest BCUT2D eigenvalue weighted by atomic mass is 35.5. The Morgan fingerprint density at radius 2 is 1.82 bits per heavy atom. The number of benzene rings is 2. The van der Waals surface area contributed by atoms with Crippen LogP contribution in [0.2, 0.25) is 5.02 Å². The van der Waals surface area contributed by atoms with Gasteiger partial charge in [0.2, 0.25) is 0 Å². The van der Waals surface area contributed by atoms with Gasteiger partial charge in [0.05, 0.1) is 28.3 Å². The van der Waals surface area contributed by atoms with Crippen LogP contribution < -0.4 is 10.1 Å². The number of nitrogens with zero attached hydrogens (tertiary/aromatic N) is 2. The Morgan fingerprint density at radius 1 is 1.18 bits per heavy atom. The fraction of sp³-hybridized carbons (Fsp3) is 0.211. The maximum atomic E-state index is 12.7. The van der Waals surface area contributed by atoms with Gasteiger partial charge in [0, 0.05) is 5.56 Å². The van der Waals surface area contributed by atoms with E-state index in [9.17, 15) is 18.4 Å². The minimum Gasteiger partial charge on any atom is -0.488 e. The van der Waals surface area contributed by atoms with E-state index < -0.39 is 17.3 Å². The molecule has 0 radical (unpaired) electrons. The number of alkyl halides is 3. The fourth-order valence-electron chi connectivity index (χ4n) is 2.14. The van der Waals surface area contributed by atoms with E-state index in [0.29, 0.717) is 11.1 Å². The Hall–Kier alpha value is -2.81. The van der Waals surface area contributed by atoms with Gasteiger partial charge in [-0.05, 0) is 37.3 Å². The molecule has 0 aliphatic rings. The Bertz CT molecular complexity index is 964. The van der Waals surface area contributed by atoms with Crippen LogP contribution in [0.15, 0.2) is 42.5 Å². The van der Waals surface area contributed by atoms with Gasteiger partial charge >= 0.3 is 6.18 Å². The summed E-state index contributed by atoms with van der Waals surface area (Å²) >= 11 is 11.2. The molecule has 2 rings (SSSR count). The highest BCUT2D eigenvalue weighted by Gasteiger charge is 2.31. The standard InChI is InChI=1S/C19H13ClF3N3OS/c1-18(10-25,11-27-16-8-12(9-24)2-7-15(16)20)26-17(28)13-3-5-14(6-4-13)19(21,22)23/h2-8H,11H2,1H3,(H,26,28). The predicted octanol–water partition coefficient (Wildman–Crippen LogP) is 4.86. The van der Waals surface area contributed by atoms with E-state index in [1.165, 1.54) is 37.3 Å². The quantitative estimate of drug-likeness (QED) is 0.696. The summed E-state index contributed by atoms with van der Waals surface area (Å²) in [4.78, 5) is 0.0956. The summed E-state index contributed by atoms with van der Waals surface area (Å²) in [6.45, 7) is 1.35. The van der Waals surface area contributed by atoms with E-state index in [1.807, 2.05) is 12.1 Å². The van der Waals surface area contributed by atoms with Crippen molar-refractivity contribution < 1.29 is 17.9 Å². The molecule has 4 nitrogen and oxygen atoms in total. The number of rotatable bonds is 5. The Morgan fingerprint density at radius 3 is 2.36 bits per heavy atom. The van der Waals surface area contributed by atoms with E-state index in [4.69, 9.17) is 33.8 Å². The molecule has 2 aromatic carbocycles. The topological polar surface area (TPSA) is 68.8 Å². The van der Waals surface area contributed by atoms with Gasteiger partial charge < -0.3 is 10.1 Å². The molecular formula is C19H13ClF3N3OS. The second kappa shape index (κ2) is 8.47. The highest BCUT2D eigenvalue weighted by molar-refractivity contribution is 7.80. The van der Waals surface area contributed by atoms with Crippen molar-refractivity contribution in [1.82, 2.24) is 5.32 Å². The third-order valence-corrected chi connectivity index (χ3v) is 4.34. The molecule has 1 unspecified atom stereocenters. The first kappa shape index (κ1) is 21.5. The molecule has 0 heterocycles. The van der Waals surface area contributed by atoms with Crippen LogP contribution in [-0.4, -0.2) is 17.1 Å². The van der Waals surface area contributed by atoms with E-state index in [2.05, 4.69) is 5.32 Å². The zero-order chi connectivity index (χ0) is 20.9. The smallest absolute Gasteiger partial charge is 0.416 e. The van der Waals surface area contributed by atoms with Crippen molar-refractivity contribution in [2.24, 2.45) is 0 Å². The number of hydrogen-bond donors (Lipinski definition) is 1. The van der Waals surface area contributed by atoms with Crippen LogP contribution in [0.3, 0.4) is 0 Å². The number of hydrogen-bond acceptors (Lipinski definition) is 4. The van der Waals surface area contributed by atoms with Gasteiger partial charge in [-0.1, -0.05) is 36.0 Å². The Balaban J connectivity index is 2.11. The van der Waals surface area contributed by atoms with Crippen LogP contribution in [-0.2, 0) is 6.18 Å². The molecule has 0 bridgehead atoms. The third-order valence-electron chi connectivity index (χ3n) is 3.69. The molecule has 9 heteroatoms. The summed E-state index contributed by atoms with van der Waals surface area (Å²) in [5.41, 5.74) is -1.41. The van der Waals surface area contributed by atoms with Crippen molar-refractivity contribution >= 4 is 28.8 Å².